The fourth-order valence-corrected chi connectivity index (χ4v) is 4.47. The van der Waals surface area contributed by atoms with E-state index in [1.807, 2.05) is 0 Å². The normalized spacial score (nSPS) is 35.0. The third kappa shape index (κ3) is 2.90. The monoisotopic (exact) mass is 279 g/mol. The molecule has 2 heterocycles. The lowest BCUT2D eigenvalue weighted by atomic mass is 9.81. The number of hydrogen-bond donors (Lipinski definition) is 1. The van der Waals surface area contributed by atoms with E-state index in [0.29, 0.717) is 5.54 Å². The number of hydrogen-bond acceptors (Lipinski definition) is 3. The Morgan fingerprint density at radius 1 is 1.25 bits per heavy atom. The largest absolute Gasteiger partial charge is 0.329 e. The third-order valence-electron chi connectivity index (χ3n) is 5.90. The molecule has 2 N–H and O–H groups in total. The highest BCUT2D eigenvalue weighted by molar-refractivity contribution is 5.05. The maximum absolute atomic E-state index is 6.33. The quantitative estimate of drug-likeness (QED) is 0.810. The molecule has 3 nitrogen and oxygen atoms in total. The second-order valence-electron chi connectivity index (χ2n) is 7.82. The van der Waals surface area contributed by atoms with Gasteiger partial charge in [0.25, 0.3) is 0 Å². The van der Waals surface area contributed by atoms with Gasteiger partial charge in [0.1, 0.15) is 0 Å². The van der Waals surface area contributed by atoms with Crippen LogP contribution in [0.1, 0.15) is 58.8 Å². The number of piperidine rings is 1. The number of nitrogens with zero attached hydrogens (tertiary/aromatic N) is 2. The summed E-state index contributed by atoms with van der Waals surface area (Å²) in [6.07, 6.45) is 9.59. The summed E-state index contributed by atoms with van der Waals surface area (Å²) < 4.78 is 0. The molecule has 0 aromatic rings. The van der Waals surface area contributed by atoms with Crippen LogP contribution in [0.15, 0.2) is 0 Å². The highest BCUT2D eigenvalue weighted by Crippen LogP contribution is 2.42. The Bertz CT molecular complexity index is 326. The lowest BCUT2D eigenvalue weighted by Gasteiger charge is -2.51. The van der Waals surface area contributed by atoms with Crippen LogP contribution >= 0.6 is 0 Å². The van der Waals surface area contributed by atoms with Crippen LogP contribution in [-0.4, -0.2) is 53.6 Å². The SMILES string of the molecule is CC(C)CCN(C1CC1)C1(CN)CCN2CCCC2C1. The summed E-state index contributed by atoms with van der Waals surface area (Å²) in [4.78, 5) is 5.57. The summed E-state index contributed by atoms with van der Waals surface area (Å²) in [6, 6.07) is 1.68. The van der Waals surface area contributed by atoms with Crippen molar-refractivity contribution in [2.24, 2.45) is 11.7 Å². The lowest BCUT2D eigenvalue weighted by molar-refractivity contribution is 0.00209. The van der Waals surface area contributed by atoms with Gasteiger partial charge in [-0.15, -0.1) is 0 Å². The Labute approximate surface area is 124 Å². The van der Waals surface area contributed by atoms with Crippen molar-refractivity contribution in [2.45, 2.75) is 76.4 Å². The van der Waals surface area contributed by atoms with E-state index >= 15 is 0 Å². The minimum absolute atomic E-state index is 0.321. The molecule has 2 unspecified atom stereocenters. The van der Waals surface area contributed by atoms with E-state index in [1.165, 1.54) is 64.6 Å². The Morgan fingerprint density at radius 3 is 2.70 bits per heavy atom. The number of nitrogens with two attached hydrogens (primary N) is 1. The molecular weight excluding hydrogens is 246 g/mol. The first kappa shape index (κ1) is 14.8. The fraction of sp³-hybridized carbons (Fsp3) is 1.00. The van der Waals surface area contributed by atoms with Crippen LogP contribution in [0.25, 0.3) is 0 Å². The molecule has 2 aliphatic heterocycles. The maximum atomic E-state index is 6.33. The molecule has 0 radical (unpaired) electrons. The molecule has 3 heteroatoms. The van der Waals surface area contributed by atoms with Crippen molar-refractivity contribution in [3.05, 3.63) is 0 Å². The summed E-state index contributed by atoms with van der Waals surface area (Å²) in [5, 5.41) is 0. The smallest absolute Gasteiger partial charge is 0.0361 e. The van der Waals surface area contributed by atoms with Gasteiger partial charge >= 0.3 is 0 Å². The summed E-state index contributed by atoms with van der Waals surface area (Å²) in [6.45, 7) is 9.45. The Kier molecular flexibility index (Phi) is 4.40. The van der Waals surface area contributed by atoms with Crippen LogP contribution in [0.4, 0.5) is 0 Å². The summed E-state index contributed by atoms with van der Waals surface area (Å²) in [7, 11) is 0. The Balaban J connectivity index is 1.71. The first-order chi connectivity index (χ1) is 9.64. The minimum atomic E-state index is 0.321. The predicted octanol–water partition coefficient (Wildman–Crippen LogP) is 2.45. The molecule has 0 aromatic heterocycles. The molecule has 3 fully saturated rings. The zero-order valence-corrected chi connectivity index (χ0v) is 13.5. The zero-order chi connectivity index (χ0) is 14.2. The zero-order valence-electron chi connectivity index (χ0n) is 13.5. The molecule has 20 heavy (non-hydrogen) atoms. The van der Waals surface area contributed by atoms with E-state index in [0.717, 1.165) is 24.5 Å². The Morgan fingerprint density at radius 2 is 2.05 bits per heavy atom. The van der Waals surface area contributed by atoms with Crippen LogP contribution in [0.5, 0.6) is 0 Å². The lowest BCUT2D eigenvalue weighted by Crippen LogP contribution is -2.62. The molecule has 0 amide bonds. The van der Waals surface area contributed by atoms with Crippen molar-refractivity contribution in [3.63, 3.8) is 0 Å². The van der Waals surface area contributed by atoms with Crippen molar-refractivity contribution in [1.82, 2.24) is 9.80 Å². The average molecular weight is 279 g/mol. The van der Waals surface area contributed by atoms with Crippen molar-refractivity contribution in [3.8, 4) is 0 Å². The van der Waals surface area contributed by atoms with Gasteiger partial charge in [-0.2, -0.15) is 0 Å². The third-order valence-corrected chi connectivity index (χ3v) is 5.90. The summed E-state index contributed by atoms with van der Waals surface area (Å²) >= 11 is 0. The molecule has 116 valence electrons. The van der Waals surface area contributed by atoms with Gasteiger partial charge in [0.05, 0.1) is 0 Å². The van der Waals surface area contributed by atoms with Crippen LogP contribution in [0.2, 0.25) is 0 Å². The first-order valence-corrected chi connectivity index (χ1v) is 8.85. The van der Waals surface area contributed by atoms with Gasteiger partial charge in [-0.25, -0.2) is 0 Å². The van der Waals surface area contributed by atoms with E-state index in [2.05, 4.69) is 23.6 Å². The standard InChI is InChI=1S/C17H33N3/c1-14(2)7-10-20(15-5-6-15)17(13-18)8-11-19-9-3-4-16(19)12-17/h14-16H,3-13,18H2,1-2H3. The van der Waals surface area contributed by atoms with E-state index in [4.69, 9.17) is 5.73 Å². The second kappa shape index (κ2) is 5.94. The van der Waals surface area contributed by atoms with E-state index in [-0.39, 0.29) is 0 Å². The summed E-state index contributed by atoms with van der Waals surface area (Å²) in [5.41, 5.74) is 6.65. The van der Waals surface area contributed by atoms with Gasteiger partial charge in [0, 0.05) is 30.7 Å². The van der Waals surface area contributed by atoms with Crippen molar-refractivity contribution in [2.75, 3.05) is 26.2 Å². The highest BCUT2D eigenvalue weighted by atomic mass is 15.3. The molecule has 2 saturated heterocycles. The molecule has 1 saturated carbocycles. The van der Waals surface area contributed by atoms with Crippen LogP contribution < -0.4 is 5.73 Å². The van der Waals surface area contributed by atoms with Crippen LogP contribution in [0.3, 0.4) is 0 Å². The van der Waals surface area contributed by atoms with E-state index in [1.54, 1.807) is 0 Å². The summed E-state index contributed by atoms with van der Waals surface area (Å²) in [5.74, 6) is 0.803. The predicted molar refractivity (Wildman–Crippen MR) is 84.8 cm³/mol. The van der Waals surface area contributed by atoms with Crippen molar-refractivity contribution < 1.29 is 0 Å². The van der Waals surface area contributed by atoms with Gasteiger partial charge in [-0.1, -0.05) is 13.8 Å². The molecule has 3 aliphatic rings. The molecule has 3 rings (SSSR count). The van der Waals surface area contributed by atoms with Crippen LogP contribution in [-0.2, 0) is 0 Å². The fourth-order valence-electron chi connectivity index (χ4n) is 4.47. The average Bonchev–Trinajstić information content (AvgIpc) is 3.16. The van der Waals surface area contributed by atoms with Gasteiger partial charge in [0.15, 0.2) is 0 Å². The van der Waals surface area contributed by atoms with Gasteiger partial charge in [-0.3, -0.25) is 4.90 Å². The van der Waals surface area contributed by atoms with Crippen molar-refractivity contribution >= 4 is 0 Å². The van der Waals surface area contributed by atoms with Gasteiger partial charge in [0.2, 0.25) is 0 Å². The molecule has 2 atom stereocenters. The van der Waals surface area contributed by atoms with Gasteiger partial charge < -0.3 is 10.6 Å². The van der Waals surface area contributed by atoms with Crippen LogP contribution in [0, 0.1) is 5.92 Å². The first-order valence-electron chi connectivity index (χ1n) is 8.85. The topological polar surface area (TPSA) is 32.5 Å². The van der Waals surface area contributed by atoms with Crippen molar-refractivity contribution in [1.29, 1.82) is 0 Å². The molecule has 1 aliphatic carbocycles. The van der Waals surface area contributed by atoms with Gasteiger partial charge in [-0.05, 0) is 64.0 Å². The van der Waals surface area contributed by atoms with E-state index in [9.17, 15) is 0 Å². The maximum Gasteiger partial charge on any atom is 0.0361 e. The minimum Gasteiger partial charge on any atom is -0.329 e. The highest BCUT2D eigenvalue weighted by Gasteiger charge is 2.48. The molecule has 0 bridgehead atoms. The Hall–Kier alpha value is -0.120. The molecule has 0 spiro atoms. The van der Waals surface area contributed by atoms with E-state index < -0.39 is 0 Å². The molecule has 0 aromatic carbocycles. The second-order valence-corrected chi connectivity index (χ2v) is 7.82. The number of fused-ring (bicyclic) bond motifs is 1. The number of rotatable bonds is 6. The molecular formula is C17H33N3.